The van der Waals surface area contributed by atoms with Gasteiger partial charge in [0.1, 0.15) is 10.9 Å². The summed E-state index contributed by atoms with van der Waals surface area (Å²) in [6, 6.07) is 9.13. The molecule has 7 heteroatoms. The Morgan fingerprint density at radius 3 is 2.62 bits per heavy atom. The molecular formula is C19H16N4O2S. The van der Waals surface area contributed by atoms with Gasteiger partial charge in [-0.25, -0.2) is 4.98 Å². The molecule has 26 heavy (non-hydrogen) atoms. The number of aromatic nitrogens is 2. The van der Waals surface area contributed by atoms with Crippen LogP contribution in [0.1, 0.15) is 28.8 Å². The number of aryl methyl sites for hydroxylation is 2. The number of carbonyl (C=O) groups is 1. The van der Waals surface area contributed by atoms with Gasteiger partial charge in [-0.2, -0.15) is 5.26 Å². The van der Waals surface area contributed by atoms with Gasteiger partial charge in [-0.3, -0.25) is 9.59 Å². The van der Waals surface area contributed by atoms with Crippen LogP contribution >= 0.6 is 11.3 Å². The number of anilines is 1. The summed E-state index contributed by atoms with van der Waals surface area (Å²) in [5, 5.41) is 12.8. The Bertz CT molecular complexity index is 1130. The van der Waals surface area contributed by atoms with Crippen molar-refractivity contribution in [3.8, 4) is 6.07 Å². The summed E-state index contributed by atoms with van der Waals surface area (Å²) >= 11 is 1.44. The average molecular weight is 364 g/mol. The number of rotatable bonds is 3. The van der Waals surface area contributed by atoms with E-state index in [1.807, 2.05) is 13.8 Å². The molecule has 2 heterocycles. The molecule has 2 N–H and O–H groups in total. The third kappa shape index (κ3) is 3.41. The van der Waals surface area contributed by atoms with Gasteiger partial charge in [0.25, 0.3) is 5.56 Å². The van der Waals surface area contributed by atoms with Gasteiger partial charge in [-0.1, -0.05) is 12.1 Å². The van der Waals surface area contributed by atoms with Crippen molar-refractivity contribution in [2.24, 2.45) is 0 Å². The molecule has 0 spiro atoms. The van der Waals surface area contributed by atoms with Crippen LogP contribution in [0.4, 0.5) is 5.69 Å². The number of allylic oxidation sites excluding steroid dienone is 1. The predicted octanol–water partition coefficient (Wildman–Crippen LogP) is 3.62. The van der Waals surface area contributed by atoms with Crippen molar-refractivity contribution in [2.75, 3.05) is 5.32 Å². The molecule has 0 aliphatic carbocycles. The zero-order valence-corrected chi connectivity index (χ0v) is 15.3. The van der Waals surface area contributed by atoms with Gasteiger partial charge in [0.2, 0.25) is 5.91 Å². The predicted molar refractivity (Wildman–Crippen MR) is 104 cm³/mol. The smallest absolute Gasteiger partial charge is 0.260 e. The zero-order valence-electron chi connectivity index (χ0n) is 14.5. The van der Waals surface area contributed by atoms with E-state index in [9.17, 15) is 14.9 Å². The van der Waals surface area contributed by atoms with Gasteiger partial charge in [0.05, 0.1) is 11.0 Å². The number of H-pyrrole nitrogens is 1. The van der Waals surface area contributed by atoms with E-state index < -0.39 is 0 Å². The van der Waals surface area contributed by atoms with E-state index in [0.29, 0.717) is 15.9 Å². The molecule has 0 unspecified atom stereocenters. The van der Waals surface area contributed by atoms with Gasteiger partial charge >= 0.3 is 0 Å². The molecule has 0 saturated heterocycles. The molecular weight excluding hydrogens is 348 g/mol. The Hall–Kier alpha value is -3.24. The number of nitriles is 1. The highest BCUT2D eigenvalue weighted by atomic mass is 32.1. The standard InChI is InChI=1S/C19H16N4O2S/c1-10-11(2)26-19-16(10)18(25)22-17(23-19)14(9-20)8-13-4-6-15(7-5-13)21-12(3)24/h4-8H,1-3H3,(H,21,24)(H,22,23,25)/b14-8+. The summed E-state index contributed by atoms with van der Waals surface area (Å²) in [6.07, 6.45) is 1.65. The number of fused-ring (bicyclic) bond motifs is 1. The molecule has 0 aliphatic heterocycles. The first kappa shape index (κ1) is 17.6. The number of nitrogens with zero attached hydrogens (tertiary/aromatic N) is 2. The first-order valence-corrected chi connectivity index (χ1v) is 8.70. The zero-order chi connectivity index (χ0) is 18.8. The number of hydrogen-bond donors (Lipinski definition) is 2. The third-order valence-electron chi connectivity index (χ3n) is 3.96. The second kappa shape index (κ2) is 6.94. The maximum atomic E-state index is 12.4. The van der Waals surface area contributed by atoms with Crippen molar-refractivity contribution in [2.45, 2.75) is 20.8 Å². The molecule has 0 saturated carbocycles. The first-order chi connectivity index (χ1) is 12.4. The Balaban J connectivity index is 2.02. The quantitative estimate of drug-likeness (QED) is 0.693. The number of amides is 1. The van der Waals surface area contributed by atoms with Gasteiger partial charge in [-0.15, -0.1) is 11.3 Å². The lowest BCUT2D eigenvalue weighted by Gasteiger charge is -2.03. The second-order valence-electron chi connectivity index (χ2n) is 5.85. The van der Waals surface area contributed by atoms with Crippen molar-refractivity contribution >= 4 is 44.8 Å². The molecule has 0 fully saturated rings. The summed E-state index contributed by atoms with van der Waals surface area (Å²) in [7, 11) is 0. The van der Waals surface area contributed by atoms with Crippen LogP contribution in [0.3, 0.4) is 0 Å². The molecule has 6 nitrogen and oxygen atoms in total. The molecule has 3 rings (SSSR count). The minimum absolute atomic E-state index is 0.150. The van der Waals surface area contributed by atoms with Crippen LogP contribution in [-0.2, 0) is 4.79 Å². The largest absolute Gasteiger partial charge is 0.326 e. The third-order valence-corrected chi connectivity index (χ3v) is 5.06. The van der Waals surface area contributed by atoms with Crippen LogP contribution < -0.4 is 10.9 Å². The Morgan fingerprint density at radius 2 is 2.00 bits per heavy atom. The fourth-order valence-corrected chi connectivity index (χ4v) is 3.60. The van der Waals surface area contributed by atoms with E-state index in [1.54, 1.807) is 30.3 Å². The number of thiophene rings is 1. The Morgan fingerprint density at radius 1 is 1.31 bits per heavy atom. The summed E-state index contributed by atoms with van der Waals surface area (Å²) in [4.78, 5) is 32.3. The monoisotopic (exact) mass is 364 g/mol. The van der Waals surface area contributed by atoms with Gasteiger partial charge in [0.15, 0.2) is 5.82 Å². The number of hydrogen-bond acceptors (Lipinski definition) is 5. The van der Waals surface area contributed by atoms with Crippen LogP contribution in [0.5, 0.6) is 0 Å². The molecule has 0 radical (unpaired) electrons. The molecule has 1 aromatic carbocycles. The minimum atomic E-state index is -0.242. The van der Waals surface area contributed by atoms with E-state index in [4.69, 9.17) is 0 Å². The fourth-order valence-electron chi connectivity index (χ4n) is 2.57. The number of aromatic amines is 1. The molecule has 0 aliphatic rings. The summed E-state index contributed by atoms with van der Waals surface area (Å²) in [5.41, 5.74) is 2.37. The SMILES string of the molecule is CC(=O)Nc1ccc(/C=C(\C#N)c2nc3sc(C)c(C)c3c(=O)[nH]2)cc1. The van der Waals surface area contributed by atoms with Crippen LogP contribution in [-0.4, -0.2) is 15.9 Å². The molecule has 130 valence electrons. The molecule has 0 atom stereocenters. The van der Waals surface area contributed by atoms with Crippen molar-refractivity contribution in [3.63, 3.8) is 0 Å². The Kier molecular flexibility index (Phi) is 4.69. The summed E-state index contributed by atoms with van der Waals surface area (Å²) in [6.45, 7) is 5.27. The van der Waals surface area contributed by atoms with Gasteiger partial charge < -0.3 is 10.3 Å². The molecule has 1 amide bonds. The number of nitrogens with one attached hydrogen (secondary N) is 2. The van der Waals surface area contributed by atoms with Crippen LogP contribution in [0, 0.1) is 25.2 Å². The molecule has 3 aromatic rings. The number of benzene rings is 1. The topological polar surface area (TPSA) is 98.6 Å². The van der Waals surface area contributed by atoms with Crippen LogP contribution in [0.2, 0.25) is 0 Å². The van der Waals surface area contributed by atoms with Crippen LogP contribution in [0.15, 0.2) is 29.1 Å². The van der Waals surface area contributed by atoms with E-state index in [-0.39, 0.29) is 22.9 Å². The van der Waals surface area contributed by atoms with E-state index in [1.165, 1.54) is 18.3 Å². The number of carbonyl (C=O) groups excluding carboxylic acids is 1. The summed E-state index contributed by atoms with van der Waals surface area (Å²) < 4.78 is 0. The lowest BCUT2D eigenvalue weighted by atomic mass is 10.1. The highest BCUT2D eigenvalue weighted by molar-refractivity contribution is 7.18. The van der Waals surface area contributed by atoms with E-state index >= 15 is 0 Å². The molecule has 0 bridgehead atoms. The molecule has 2 aromatic heterocycles. The average Bonchev–Trinajstić information content (AvgIpc) is 2.88. The maximum absolute atomic E-state index is 12.4. The minimum Gasteiger partial charge on any atom is -0.326 e. The van der Waals surface area contributed by atoms with Gasteiger partial charge in [0, 0.05) is 17.5 Å². The summed E-state index contributed by atoms with van der Waals surface area (Å²) in [5.74, 6) is 0.0970. The van der Waals surface area contributed by atoms with Gasteiger partial charge in [-0.05, 0) is 43.2 Å². The Labute approximate surface area is 153 Å². The fraction of sp³-hybridized carbons (Fsp3) is 0.158. The van der Waals surface area contributed by atoms with E-state index in [0.717, 1.165) is 16.0 Å². The van der Waals surface area contributed by atoms with Crippen molar-refractivity contribution in [3.05, 3.63) is 56.4 Å². The maximum Gasteiger partial charge on any atom is 0.260 e. The van der Waals surface area contributed by atoms with Crippen molar-refractivity contribution < 1.29 is 4.79 Å². The first-order valence-electron chi connectivity index (χ1n) is 7.89. The highest BCUT2D eigenvalue weighted by Crippen LogP contribution is 2.27. The second-order valence-corrected chi connectivity index (χ2v) is 7.05. The van der Waals surface area contributed by atoms with E-state index in [2.05, 4.69) is 21.4 Å². The normalized spacial score (nSPS) is 11.4. The highest BCUT2D eigenvalue weighted by Gasteiger charge is 2.13. The lowest BCUT2D eigenvalue weighted by Crippen LogP contribution is -2.10. The van der Waals surface area contributed by atoms with Crippen LogP contribution in [0.25, 0.3) is 21.9 Å². The van der Waals surface area contributed by atoms with Crippen molar-refractivity contribution in [1.82, 2.24) is 9.97 Å². The lowest BCUT2D eigenvalue weighted by molar-refractivity contribution is -0.114. The van der Waals surface area contributed by atoms with Crippen molar-refractivity contribution in [1.29, 1.82) is 5.26 Å².